The van der Waals surface area contributed by atoms with E-state index in [1.54, 1.807) is 0 Å². The highest BCUT2D eigenvalue weighted by molar-refractivity contribution is 7.17. The second-order valence-corrected chi connectivity index (χ2v) is 10.2. The summed E-state index contributed by atoms with van der Waals surface area (Å²) in [5.74, 6) is -3.16. The highest BCUT2D eigenvalue weighted by Gasteiger charge is 2.38. The molecule has 0 aliphatic heterocycles. The van der Waals surface area contributed by atoms with Gasteiger partial charge in [-0.3, -0.25) is 9.59 Å². The number of aliphatic carboxylic acids is 1. The van der Waals surface area contributed by atoms with Gasteiger partial charge >= 0.3 is 11.9 Å². The molecule has 0 bridgehead atoms. The van der Waals surface area contributed by atoms with Crippen molar-refractivity contribution in [1.82, 2.24) is 0 Å². The van der Waals surface area contributed by atoms with Gasteiger partial charge in [-0.15, -0.1) is 11.3 Å². The first-order valence-corrected chi connectivity index (χ1v) is 10.8. The fourth-order valence-corrected chi connectivity index (χ4v) is 5.91. The van der Waals surface area contributed by atoms with Gasteiger partial charge in [0.25, 0.3) is 0 Å². The lowest BCUT2D eigenvalue weighted by Crippen LogP contribution is -2.36. The zero-order valence-corrected chi connectivity index (χ0v) is 17.5. The normalized spacial score (nSPS) is 25.0. The van der Waals surface area contributed by atoms with E-state index in [2.05, 4.69) is 26.1 Å². The molecule has 1 saturated carbocycles. The molecule has 0 aromatic carbocycles. The number of hydrogen-bond donors (Lipinski definition) is 3. The van der Waals surface area contributed by atoms with Crippen LogP contribution in [-0.2, 0) is 22.4 Å². The minimum atomic E-state index is -1.03. The third-order valence-electron chi connectivity index (χ3n) is 6.36. The van der Waals surface area contributed by atoms with E-state index in [4.69, 9.17) is 0 Å². The predicted molar refractivity (Wildman–Crippen MR) is 108 cm³/mol. The molecule has 1 aromatic rings. The van der Waals surface area contributed by atoms with Crippen molar-refractivity contribution in [2.75, 3.05) is 5.32 Å². The van der Waals surface area contributed by atoms with E-state index in [9.17, 15) is 24.6 Å². The largest absolute Gasteiger partial charge is 0.481 e. The fraction of sp³-hybridized carbons (Fsp3) is 0.667. The molecule has 28 heavy (non-hydrogen) atoms. The molecule has 2 aliphatic rings. The number of anilines is 1. The average Bonchev–Trinajstić information content (AvgIpc) is 2.97. The predicted octanol–water partition coefficient (Wildman–Crippen LogP) is 4.43. The molecule has 3 N–H and O–H groups in total. The summed E-state index contributed by atoms with van der Waals surface area (Å²) in [6, 6.07) is 0. The van der Waals surface area contributed by atoms with Crippen LogP contribution in [0.5, 0.6) is 0 Å². The molecule has 2 aliphatic carbocycles. The van der Waals surface area contributed by atoms with Gasteiger partial charge < -0.3 is 15.5 Å². The van der Waals surface area contributed by atoms with Gasteiger partial charge in [0, 0.05) is 4.88 Å². The Morgan fingerprint density at radius 2 is 1.68 bits per heavy atom. The van der Waals surface area contributed by atoms with E-state index >= 15 is 0 Å². The Balaban J connectivity index is 1.86. The number of hydrogen-bond acceptors (Lipinski definition) is 4. The first-order chi connectivity index (χ1) is 13.1. The van der Waals surface area contributed by atoms with Crippen LogP contribution in [0.4, 0.5) is 5.00 Å². The molecule has 154 valence electrons. The number of amides is 1. The first kappa shape index (κ1) is 20.8. The molecule has 1 heterocycles. The number of fused-ring (bicyclic) bond motifs is 1. The average molecular weight is 408 g/mol. The SMILES string of the molecule is CC(C)(C)C1CCc2c(sc(NC(=O)C3CCCCC3C(=O)O)c2C(=O)O)C1. The second kappa shape index (κ2) is 7.85. The molecule has 1 fully saturated rings. The number of thiophene rings is 1. The van der Waals surface area contributed by atoms with Crippen LogP contribution in [0.3, 0.4) is 0 Å². The minimum absolute atomic E-state index is 0.144. The Morgan fingerprint density at radius 3 is 2.25 bits per heavy atom. The molecule has 7 heteroatoms. The van der Waals surface area contributed by atoms with Gasteiger partial charge in [0.2, 0.25) is 5.91 Å². The summed E-state index contributed by atoms with van der Waals surface area (Å²) in [7, 11) is 0. The Labute approximate surface area is 169 Å². The molecular weight excluding hydrogens is 378 g/mol. The number of rotatable bonds is 4. The number of carboxylic acid groups (broad SMARTS) is 2. The maximum atomic E-state index is 12.8. The summed E-state index contributed by atoms with van der Waals surface area (Å²) in [4.78, 5) is 37.3. The molecule has 3 unspecified atom stereocenters. The summed E-state index contributed by atoms with van der Waals surface area (Å²) in [6.07, 6.45) is 5.11. The molecule has 0 radical (unpaired) electrons. The zero-order chi connectivity index (χ0) is 20.6. The van der Waals surface area contributed by atoms with Crippen LogP contribution >= 0.6 is 11.3 Å². The summed E-state index contributed by atoms with van der Waals surface area (Å²) < 4.78 is 0. The summed E-state index contributed by atoms with van der Waals surface area (Å²) in [5.41, 5.74) is 1.18. The first-order valence-electron chi connectivity index (χ1n) is 10.0. The van der Waals surface area contributed by atoms with Gasteiger partial charge in [-0.1, -0.05) is 33.6 Å². The fourth-order valence-electron chi connectivity index (χ4n) is 4.58. The van der Waals surface area contributed by atoms with E-state index in [1.807, 2.05) is 0 Å². The third-order valence-corrected chi connectivity index (χ3v) is 7.53. The van der Waals surface area contributed by atoms with Crippen molar-refractivity contribution in [3.8, 4) is 0 Å². The lowest BCUT2D eigenvalue weighted by atomic mass is 9.72. The van der Waals surface area contributed by atoms with Crippen molar-refractivity contribution in [3.63, 3.8) is 0 Å². The molecule has 3 rings (SSSR count). The molecular formula is C21H29NO5S. The quantitative estimate of drug-likeness (QED) is 0.685. The van der Waals surface area contributed by atoms with E-state index in [0.29, 0.717) is 30.2 Å². The Hall–Kier alpha value is -1.89. The van der Waals surface area contributed by atoms with Crippen molar-refractivity contribution in [2.45, 2.75) is 65.7 Å². The van der Waals surface area contributed by atoms with E-state index in [-0.39, 0.29) is 16.9 Å². The Kier molecular flexibility index (Phi) is 5.84. The topological polar surface area (TPSA) is 104 Å². The minimum Gasteiger partial charge on any atom is -0.481 e. The lowest BCUT2D eigenvalue weighted by molar-refractivity contribution is -0.147. The Bertz CT molecular complexity index is 791. The number of carbonyl (C=O) groups excluding carboxylic acids is 1. The highest BCUT2D eigenvalue weighted by atomic mass is 32.1. The van der Waals surface area contributed by atoms with Crippen LogP contribution in [0.1, 0.15) is 73.7 Å². The van der Waals surface area contributed by atoms with E-state index < -0.39 is 23.8 Å². The van der Waals surface area contributed by atoms with E-state index in [0.717, 1.165) is 36.1 Å². The Morgan fingerprint density at radius 1 is 1.04 bits per heavy atom. The van der Waals surface area contributed by atoms with Crippen LogP contribution in [-0.4, -0.2) is 28.1 Å². The molecule has 3 atom stereocenters. The molecule has 1 aromatic heterocycles. The molecule has 6 nitrogen and oxygen atoms in total. The highest BCUT2D eigenvalue weighted by Crippen LogP contribution is 2.44. The second-order valence-electron chi connectivity index (χ2n) is 9.14. The van der Waals surface area contributed by atoms with Crippen LogP contribution in [0.25, 0.3) is 0 Å². The van der Waals surface area contributed by atoms with Crippen LogP contribution in [0.2, 0.25) is 0 Å². The summed E-state index contributed by atoms with van der Waals surface area (Å²) in [5, 5.41) is 22.4. The van der Waals surface area contributed by atoms with Crippen molar-refractivity contribution in [2.24, 2.45) is 23.2 Å². The van der Waals surface area contributed by atoms with Crippen LogP contribution < -0.4 is 5.32 Å². The van der Waals surface area contributed by atoms with Crippen LogP contribution in [0.15, 0.2) is 0 Å². The van der Waals surface area contributed by atoms with Gasteiger partial charge in [-0.25, -0.2) is 4.79 Å². The molecule has 0 spiro atoms. The lowest BCUT2D eigenvalue weighted by Gasteiger charge is -2.33. The van der Waals surface area contributed by atoms with Crippen molar-refractivity contribution >= 4 is 34.2 Å². The smallest absolute Gasteiger partial charge is 0.339 e. The van der Waals surface area contributed by atoms with Gasteiger partial charge in [0.1, 0.15) is 5.00 Å². The van der Waals surface area contributed by atoms with Gasteiger partial charge in [-0.05, 0) is 49.0 Å². The van der Waals surface area contributed by atoms with Gasteiger partial charge in [0.15, 0.2) is 0 Å². The van der Waals surface area contributed by atoms with Crippen molar-refractivity contribution in [1.29, 1.82) is 0 Å². The van der Waals surface area contributed by atoms with E-state index in [1.165, 1.54) is 11.3 Å². The summed E-state index contributed by atoms with van der Waals surface area (Å²) in [6.45, 7) is 6.60. The summed E-state index contributed by atoms with van der Waals surface area (Å²) >= 11 is 1.35. The molecule has 1 amide bonds. The number of nitrogens with one attached hydrogen (secondary N) is 1. The maximum Gasteiger partial charge on any atom is 0.339 e. The van der Waals surface area contributed by atoms with Crippen molar-refractivity contribution < 1.29 is 24.6 Å². The number of carbonyl (C=O) groups is 3. The maximum absolute atomic E-state index is 12.8. The standard InChI is InChI=1S/C21H29NO5S/c1-21(2,3)11-8-9-14-15(10-11)28-18(16(14)20(26)27)22-17(23)12-6-4-5-7-13(12)19(24)25/h11-13H,4-10H2,1-3H3,(H,22,23)(H,24,25)(H,26,27). The molecule has 0 saturated heterocycles. The number of aromatic carboxylic acids is 1. The van der Waals surface area contributed by atoms with Crippen molar-refractivity contribution in [3.05, 3.63) is 16.0 Å². The van der Waals surface area contributed by atoms with Crippen LogP contribution in [0, 0.1) is 23.2 Å². The van der Waals surface area contributed by atoms with Gasteiger partial charge in [0.05, 0.1) is 17.4 Å². The monoisotopic (exact) mass is 407 g/mol. The van der Waals surface area contributed by atoms with Gasteiger partial charge in [-0.2, -0.15) is 0 Å². The zero-order valence-electron chi connectivity index (χ0n) is 16.7. The third kappa shape index (κ3) is 4.09. The number of carboxylic acids is 2.